The van der Waals surface area contributed by atoms with Gasteiger partial charge in [0.25, 0.3) is 0 Å². The second-order valence-electron chi connectivity index (χ2n) is 5.80. The molecule has 0 atom stereocenters. The van der Waals surface area contributed by atoms with Crippen LogP contribution in [0.2, 0.25) is 10.0 Å². The van der Waals surface area contributed by atoms with Crippen molar-refractivity contribution in [2.24, 2.45) is 0 Å². The summed E-state index contributed by atoms with van der Waals surface area (Å²) in [6, 6.07) is 5.31. The van der Waals surface area contributed by atoms with Crippen LogP contribution in [0.3, 0.4) is 0 Å². The van der Waals surface area contributed by atoms with Gasteiger partial charge in [-0.25, -0.2) is 9.97 Å². The van der Waals surface area contributed by atoms with E-state index in [4.69, 9.17) is 28.9 Å². The van der Waals surface area contributed by atoms with Gasteiger partial charge >= 0.3 is 0 Å². The highest BCUT2D eigenvalue weighted by molar-refractivity contribution is 7.21. The summed E-state index contributed by atoms with van der Waals surface area (Å²) in [6.07, 6.45) is 0. The van der Waals surface area contributed by atoms with Gasteiger partial charge in [-0.3, -0.25) is 4.79 Å². The third-order valence-corrected chi connectivity index (χ3v) is 5.57. The zero-order valence-electron chi connectivity index (χ0n) is 13.4. The molecule has 0 spiro atoms. The number of thiophene rings is 1. The van der Waals surface area contributed by atoms with Gasteiger partial charge in [0.2, 0.25) is 0 Å². The molecular weight excluding hydrogens is 365 g/mol. The van der Waals surface area contributed by atoms with Gasteiger partial charge in [0.1, 0.15) is 10.7 Å². The number of benzene rings is 1. The average Bonchev–Trinajstić information content (AvgIpc) is 2.86. The molecular formula is C17H15Cl2N3OS. The van der Waals surface area contributed by atoms with Crippen LogP contribution in [-0.4, -0.2) is 15.8 Å². The number of Topliss-reactive ketones (excluding diaryl/α,β-unsaturated/α-hetero) is 1. The van der Waals surface area contributed by atoms with Crippen LogP contribution in [0.1, 0.15) is 42.2 Å². The summed E-state index contributed by atoms with van der Waals surface area (Å²) in [5.41, 5.74) is 8.10. The first-order valence-corrected chi connectivity index (χ1v) is 8.93. The maximum absolute atomic E-state index is 11.8. The van der Waals surface area contributed by atoms with Crippen LogP contribution < -0.4 is 5.73 Å². The number of ketones is 1. The summed E-state index contributed by atoms with van der Waals surface area (Å²) in [5.74, 6) is 0.752. The number of fused-ring (bicyclic) bond motifs is 1. The van der Waals surface area contributed by atoms with Crippen molar-refractivity contribution in [2.75, 3.05) is 5.73 Å². The van der Waals surface area contributed by atoms with Gasteiger partial charge in [-0.05, 0) is 12.1 Å². The lowest BCUT2D eigenvalue weighted by atomic mass is 10.1. The lowest BCUT2D eigenvalue weighted by Crippen LogP contribution is -2.01. The molecule has 2 N–H and O–H groups in total. The average molecular weight is 380 g/mol. The molecule has 0 aliphatic rings. The Balaban J connectivity index is 2.39. The van der Waals surface area contributed by atoms with Crippen LogP contribution in [-0.2, 0) is 0 Å². The summed E-state index contributed by atoms with van der Waals surface area (Å²) in [6.45, 7) is 5.53. The van der Waals surface area contributed by atoms with Crippen LogP contribution in [0.15, 0.2) is 18.2 Å². The smallest absolute Gasteiger partial charge is 0.171 e. The van der Waals surface area contributed by atoms with Crippen molar-refractivity contribution >= 4 is 56.2 Å². The molecule has 24 heavy (non-hydrogen) atoms. The van der Waals surface area contributed by atoms with Crippen molar-refractivity contribution in [1.29, 1.82) is 0 Å². The summed E-state index contributed by atoms with van der Waals surface area (Å²) >= 11 is 13.5. The number of carbonyl (C=O) groups is 1. The fraction of sp³-hybridized carbons (Fsp3) is 0.235. The topological polar surface area (TPSA) is 68.9 Å². The van der Waals surface area contributed by atoms with E-state index in [1.165, 1.54) is 18.3 Å². The SMILES string of the molecule is CC(=O)c1sc2nc(C(C)C)nc(-c3ccc(Cl)c(Cl)c3)c2c1N. The van der Waals surface area contributed by atoms with E-state index >= 15 is 0 Å². The van der Waals surface area contributed by atoms with Crippen LogP contribution in [0, 0.1) is 0 Å². The molecule has 0 unspecified atom stereocenters. The first-order chi connectivity index (χ1) is 11.3. The highest BCUT2D eigenvalue weighted by Crippen LogP contribution is 2.40. The molecule has 7 heteroatoms. The van der Waals surface area contributed by atoms with Crippen LogP contribution in [0.5, 0.6) is 0 Å². The van der Waals surface area contributed by atoms with Crippen molar-refractivity contribution in [1.82, 2.24) is 9.97 Å². The van der Waals surface area contributed by atoms with E-state index in [9.17, 15) is 4.79 Å². The molecule has 2 aromatic heterocycles. The lowest BCUT2D eigenvalue weighted by molar-refractivity contribution is 0.102. The summed E-state index contributed by atoms with van der Waals surface area (Å²) in [5, 5.41) is 1.60. The van der Waals surface area contributed by atoms with Gasteiger partial charge < -0.3 is 5.73 Å². The number of nitrogens with two attached hydrogens (primary N) is 1. The largest absolute Gasteiger partial charge is 0.397 e. The minimum absolute atomic E-state index is 0.0818. The minimum atomic E-state index is -0.0818. The predicted octanol–water partition coefficient (Wildman–Crippen LogP) is 5.57. The molecule has 0 saturated carbocycles. The molecule has 0 aliphatic heterocycles. The molecule has 0 radical (unpaired) electrons. The maximum atomic E-state index is 11.8. The number of anilines is 1. The standard InChI is InChI=1S/C17H15Cl2N3OS/c1-7(2)16-21-14(9-4-5-10(18)11(19)6-9)12-13(20)15(8(3)23)24-17(12)22-16/h4-7H,20H2,1-3H3. The van der Waals surface area contributed by atoms with E-state index in [0.29, 0.717) is 42.3 Å². The Morgan fingerprint density at radius 3 is 2.50 bits per heavy atom. The lowest BCUT2D eigenvalue weighted by Gasteiger charge is -2.10. The molecule has 0 saturated heterocycles. The molecule has 3 rings (SSSR count). The second kappa shape index (κ2) is 6.31. The van der Waals surface area contributed by atoms with Crippen LogP contribution in [0.25, 0.3) is 21.5 Å². The van der Waals surface area contributed by atoms with Gasteiger partial charge in [-0.15, -0.1) is 11.3 Å². The van der Waals surface area contributed by atoms with Crippen molar-refractivity contribution in [3.63, 3.8) is 0 Å². The third kappa shape index (κ3) is 2.88. The Labute approximate surface area is 153 Å². The minimum Gasteiger partial charge on any atom is -0.397 e. The van der Waals surface area contributed by atoms with Crippen molar-refractivity contribution in [3.05, 3.63) is 38.9 Å². The summed E-state index contributed by atoms with van der Waals surface area (Å²) in [7, 11) is 0. The Kier molecular flexibility index (Phi) is 4.51. The number of aromatic nitrogens is 2. The molecule has 2 heterocycles. The molecule has 4 nitrogen and oxygen atoms in total. The van der Waals surface area contributed by atoms with E-state index in [1.807, 2.05) is 19.9 Å². The third-order valence-electron chi connectivity index (χ3n) is 3.64. The fourth-order valence-electron chi connectivity index (χ4n) is 2.41. The van der Waals surface area contributed by atoms with E-state index in [2.05, 4.69) is 9.97 Å². The van der Waals surface area contributed by atoms with Crippen molar-refractivity contribution in [3.8, 4) is 11.3 Å². The van der Waals surface area contributed by atoms with Gasteiger partial charge in [0.15, 0.2) is 5.78 Å². The number of hydrogen-bond donors (Lipinski definition) is 1. The van der Waals surface area contributed by atoms with Gasteiger partial charge in [0, 0.05) is 18.4 Å². The highest BCUT2D eigenvalue weighted by Gasteiger charge is 2.21. The van der Waals surface area contributed by atoms with E-state index in [-0.39, 0.29) is 11.7 Å². The Hall–Kier alpha value is -1.69. The number of nitrogens with zero attached hydrogens (tertiary/aromatic N) is 2. The molecule has 0 amide bonds. The number of rotatable bonds is 3. The van der Waals surface area contributed by atoms with Gasteiger partial charge in [-0.1, -0.05) is 43.1 Å². The van der Waals surface area contributed by atoms with Crippen LogP contribution >= 0.6 is 34.5 Å². The Morgan fingerprint density at radius 2 is 1.92 bits per heavy atom. The molecule has 0 fully saturated rings. The maximum Gasteiger partial charge on any atom is 0.171 e. The van der Waals surface area contributed by atoms with Crippen molar-refractivity contribution in [2.45, 2.75) is 26.7 Å². The van der Waals surface area contributed by atoms with E-state index < -0.39 is 0 Å². The molecule has 1 aromatic carbocycles. The number of hydrogen-bond acceptors (Lipinski definition) is 5. The van der Waals surface area contributed by atoms with E-state index in [0.717, 1.165) is 5.56 Å². The molecule has 0 bridgehead atoms. The van der Waals surface area contributed by atoms with Crippen LogP contribution in [0.4, 0.5) is 5.69 Å². The molecule has 0 aliphatic carbocycles. The number of carbonyl (C=O) groups excluding carboxylic acids is 1. The first-order valence-electron chi connectivity index (χ1n) is 7.35. The molecule has 3 aromatic rings. The van der Waals surface area contributed by atoms with Gasteiger partial charge in [-0.2, -0.15) is 0 Å². The number of halogens is 2. The Bertz CT molecular complexity index is 966. The summed E-state index contributed by atoms with van der Waals surface area (Å²) in [4.78, 5) is 22.3. The van der Waals surface area contributed by atoms with E-state index in [1.54, 1.807) is 12.1 Å². The predicted molar refractivity (Wildman–Crippen MR) is 101 cm³/mol. The Morgan fingerprint density at radius 1 is 1.21 bits per heavy atom. The second-order valence-corrected chi connectivity index (χ2v) is 7.61. The monoisotopic (exact) mass is 379 g/mol. The fourth-order valence-corrected chi connectivity index (χ4v) is 3.71. The first kappa shape index (κ1) is 17.1. The quantitative estimate of drug-likeness (QED) is 0.603. The summed E-state index contributed by atoms with van der Waals surface area (Å²) < 4.78 is 0. The molecule has 124 valence electrons. The highest BCUT2D eigenvalue weighted by atomic mass is 35.5. The normalized spacial score (nSPS) is 11.4. The van der Waals surface area contributed by atoms with Gasteiger partial charge in [0.05, 0.1) is 31.7 Å². The zero-order chi connectivity index (χ0) is 17.6. The van der Waals surface area contributed by atoms with Crippen molar-refractivity contribution < 1.29 is 4.79 Å². The number of nitrogen functional groups attached to an aromatic ring is 1. The zero-order valence-corrected chi connectivity index (χ0v) is 15.7.